The van der Waals surface area contributed by atoms with Crippen LogP contribution in [0.3, 0.4) is 0 Å². The van der Waals surface area contributed by atoms with Crippen LogP contribution >= 0.6 is 0 Å². The van der Waals surface area contributed by atoms with Crippen LogP contribution in [0.1, 0.15) is 20.1 Å². The molecule has 0 spiro atoms. The molecule has 9 heteroatoms. The Balaban J connectivity index is 2.20. The summed E-state index contributed by atoms with van der Waals surface area (Å²) >= 11 is 0. The highest BCUT2D eigenvalue weighted by atomic mass is 16.5. The van der Waals surface area contributed by atoms with E-state index >= 15 is 0 Å². The molecule has 0 amide bonds. The number of aliphatic hydroxyl groups is 2. The molecule has 1 aliphatic heterocycles. The SMILES string of the molecule is CC#C[C@@]1(N)C(O)[C@@H]([C@@H](C)O)O[C@H]1n1ccc2c(=O)[nH]c(N)nc21. The van der Waals surface area contributed by atoms with Crippen LogP contribution < -0.4 is 17.0 Å². The highest BCUT2D eigenvalue weighted by Gasteiger charge is 2.55. The highest BCUT2D eigenvalue weighted by molar-refractivity contribution is 5.76. The smallest absolute Gasteiger partial charge is 0.261 e. The van der Waals surface area contributed by atoms with E-state index in [2.05, 4.69) is 21.8 Å². The predicted octanol–water partition coefficient (Wildman–Crippen LogP) is -1.33. The lowest BCUT2D eigenvalue weighted by Gasteiger charge is -2.28. The molecule has 24 heavy (non-hydrogen) atoms. The zero-order valence-electron chi connectivity index (χ0n) is 13.2. The number of nitrogens with zero attached hydrogens (tertiary/aromatic N) is 2. The molecule has 2 aromatic rings. The van der Waals surface area contributed by atoms with E-state index in [1.807, 2.05) is 0 Å². The summed E-state index contributed by atoms with van der Waals surface area (Å²) in [5, 5.41) is 20.7. The summed E-state index contributed by atoms with van der Waals surface area (Å²) in [6.45, 7) is 3.08. The monoisotopic (exact) mass is 333 g/mol. The van der Waals surface area contributed by atoms with Crippen molar-refractivity contribution in [3.05, 3.63) is 22.6 Å². The summed E-state index contributed by atoms with van der Waals surface area (Å²) in [5.41, 5.74) is 10.3. The average Bonchev–Trinajstić information content (AvgIpc) is 3.00. The Morgan fingerprint density at radius 1 is 1.58 bits per heavy atom. The van der Waals surface area contributed by atoms with Gasteiger partial charge in [0.15, 0.2) is 17.4 Å². The minimum Gasteiger partial charge on any atom is -0.391 e. The molecule has 3 rings (SSSR count). The van der Waals surface area contributed by atoms with Crippen LogP contribution in [0.2, 0.25) is 0 Å². The van der Waals surface area contributed by atoms with Crippen LogP contribution in [0.25, 0.3) is 11.0 Å². The Kier molecular flexibility index (Phi) is 3.85. The summed E-state index contributed by atoms with van der Waals surface area (Å²) < 4.78 is 7.27. The predicted molar refractivity (Wildman–Crippen MR) is 86.7 cm³/mol. The molecule has 1 aliphatic rings. The number of H-pyrrole nitrogens is 1. The lowest BCUT2D eigenvalue weighted by molar-refractivity contribution is -0.0755. The first-order valence-corrected chi connectivity index (χ1v) is 7.40. The lowest BCUT2D eigenvalue weighted by Crippen LogP contribution is -2.54. The van der Waals surface area contributed by atoms with Crippen LogP contribution in [0.15, 0.2) is 17.1 Å². The third-order valence-corrected chi connectivity index (χ3v) is 4.16. The van der Waals surface area contributed by atoms with Crippen LogP contribution in [0.4, 0.5) is 5.95 Å². The highest BCUT2D eigenvalue weighted by Crippen LogP contribution is 2.39. The number of hydrogen-bond acceptors (Lipinski definition) is 7. The minimum absolute atomic E-state index is 0.0535. The Morgan fingerprint density at radius 2 is 2.29 bits per heavy atom. The Hall–Kier alpha value is -2.38. The van der Waals surface area contributed by atoms with E-state index in [0.29, 0.717) is 5.39 Å². The van der Waals surface area contributed by atoms with E-state index in [1.165, 1.54) is 11.5 Å². The fourth-order valence-corrected chi connectivity index (χ4v) is 3.03. The largest absolute Gasteiger partial charge is 0.391 e. The van der Waals surface area contributed by atoms with E-state index in [-0.39, 0.29) is 11.6 Å². The fraction of sp³-hybridized carbons (Fsp3) is 0.467. The van der Waals surface area contributed by atoms with E-state index in [4.69, 9.17) is 16.2 Å². The van der Waals surface area contributed by atoms with E-state index in [0.717, 1.165) is 0 Å². The molecular formula is C15H19N5O4. The van der Waals surface area contributed by atoms with Crippen molar-refractivity contribution in [3.63, 3.8) is 0 Å². The van der Waals surface area contributed by atoms with Crippen LogP contribution in [-0.2, 0) is 4.74 Å². The van der Waals surface area contributed by atoms with Crippen LogP contribution in [0.5, 0.6) is 0 Å². The molecule has 3 heterocycles. The molecule has 0 radical (unpaired) electrons. The van der Waals surface area contributed by atoms with Crippen LogP contribution in [0, 0.1) is 11.8 Å². The number of nitrogens with one attached hydrogen (secondary N) is 1. The van der Waals surface area contributed by atoms with Gasteiger partial charge in [0.2, 0.25) is 5.95 Å². The molecule has 0 aliphatic carbocycles. The third kappa shape index (κ3) is 2.28. The van der Waals surface area contributed by atoms with Crippen molar-refractivity contribution >= 4 is 17.0 Å². The van der Waals surface area contributed by atoms with Crippen molar-refractivity contribution in [1.82, 2.24) is 14.5 Å². The number of aliphatic hydroxyl groups excluding tert-OH is 2. The maximum absolute atomic E-state index is 12.0. The number of hydrogen-bond donors (Lipinski definition) is 5. The number of aromatic nitrogens is 3. The Morgan fingerprint density at radius 3 is 2.92 bits per heavy atom. The molecule has 7 N–H and O–H groups in total. The average molecular weight is 333 g/mol. The molecule has 9 nitrogen and oxygen atoms in total. The Bertz CT molecular complexity index is 893. The first kappa shape index (κ1) is 16.5. The summed E-state index contributed by atoms with van der Waals surface area (Å²) in [7, 11) is 0. The molecular weight excluding hydrogens is 314 g/mol. The quantitative estimate of drug-likeness (QED) is 0.427. The molecule has 128 valence electrons. The van der Waals surface area contributed by atoms with Gasteiger partial charge >= 0.3 is 0 Å². The number of aromatic amines is 1. The third-order valence-electron chi connectivity index (χ3n) is 4.16. The van der Waals surface area contributed by atoms with Crippen molar-refractivity contribution < 1.29 is 14.9 Å². The maximum Gasteiger partial charge on any atom is 0.261 e. The molecule has 2 aromatic heterocycles. The fourth-order valence-electron chi connectivity index (χ4n) is 3.03. The topological polar surface area (TPSA) is 152 Å². The van der Waals surface area contributed by atoms with Gasteiger partial charge in [-0.1, -0.05) is 5.92 Å². The summed E-state index contributed by atoms with van der Waals surface area (Å²) in [6, 6.07) is 1.55. The van der Waals surface area contributed by atoms with Crippen LogP contribution in [-0.4, -0.2) is 48.6 Å². The summed E-state index contributed by atoms with van der Waals surface area (Å²) in [4.78, 5) is 18.5. The number of ether oxygens (including phenoxy) is 1. The van der Waals surface area contributed by atoms with Gasteiger partial charge in [-0.25, -0.2) is 0 Å². The van der Waals surface area contributed by atoms with E-state index in [9.17, 15) is 15.0 Å². The van der Waals surface area contributed by atoms with Crippen molar-refractivity contribution in [1.29, 1.82) is 0 Å². The number of rotatable bonds is 2. The van der Waals surface area contributed by atoms with E-state index in [1.54, 1.807) is 19.2 Å². The maximum atomic E-state index is 12.0. The van der Waals surface area contributed by atoms with Gasteiger partial charge < -0.3 is 31.0 Å². The van der Waals surface area contributed by atoms with Crippen molar-refractivity contribution in [2.45, 2.75) is 43.9 Å². The molecule has 1 unspecified atom stereocenters. The lowest BCUT2D eigenvalue weighted by atomic mass is 9.90. The molecule has 0 bridgehead atoms. The molecule has 1 fully saturated rings. The Labute approximate surface area is 137 Å². The minimum atomic E-state index is -1.48. The van der Waals surface area contributed by atoms with Crippen molar-refractivity contribution in [2.24, 2.45) is 5.73 Å². The molecule has 1 saturated heterocycles. The van der Waals surface area contributed by atoms with Gasteiger partial charge in [0.25, 0.3) is 5.56 Å². The number of anilines is 1. The van der Waals surface area contributed by atoms with E-state index < -0.39 is 35.6 Å². The van der Waals surface area contributed by atoms with Crippen molar-refractivity contribution in [3.8, 4) is 11.8 Å². The van der Waals surface area contributed by atoms with Gasteiger partial charge in [-0.05, 0) is 19.9 Å². The second kappa shape index (κ2) is 5.61. The zero-order chi connectivity index (χ0) is 17.6. The standard InChI is InChI=1S/C15H19N5O4/c1-3-5-15(17)10(22)9(7(2)21)24-13(15)20-6-4-8-11(20)18-14(16)19-12(8)23/h4,6-7,9-10,13,21-22H,17H2,1-2H3,(H3,16,18,19,23)/t7-,9-,10?,13-,15-/m1/s1. The van der Waals surface area contributed by atoms with Gasteiger partial charge in [0, 0.05) is 6.20 Å². The first-order valence-electron chi connectivity index (χ1n) is 7.40. The van der Waals surface area contributed by atoms with Crippen molar-refractivity contribution in [2.75, 3.05) is 5.73 Å². The zero-order valence-corrected chi connectivity index (χ0v) is 13.2. The van der Waals surface area contributed by atoms with Gasteiger partial charge in [-0.3, -0.25) is 9.78 Å². The second-order valence-electron chi connectivity index (χ2n) is 5.86. The van der Waals surface area contributed by atoms with Gasteiger partial charge in [-0.2, -0.15) is 4.98 Å². The van der Waals surface area contributed by atoms with Gasteiger partial charge in [0.1, 0.15) is 12.2 Å². The molecule has 5 atom stereocenters. The normalized spacial score (nSPS) is 31.0. The first-order chi connectivity index (χ1) is 11.3. The number of nitrogen functional groups attached to an aromatic ring is 1. The summed E-state index contributed by atoms with van der Waals surface area (Å²) in [6.07, 6.45) is -2.52. The van der Waals surface area contributed by atoms with Gasteiger partial charge in [0.05, 0.1) is 11.5 Å². The summed E-state index contributed by atoms with van der Waals surface area (Å²) in [5.74, 6) is 5.39. The molecule has 0 saturated carbocycles. The number of nitrogens with two attached hydrogens (primary N) is 2. The number of fused-ring (bicyclic) bond motifs is 1. The second-order valence-corrected chi connectivity index (χ2v) is 5.86. The van der Waals surface area contributed by atoms with Gasteiger partial charge in [-0.15, -0.1) is 5.92 Å². The molecule has 0 aromatic carbocycles.